The fraction of sp³-hybridized carbons (Fsp3) is 0.500. The van der Waals surface area contributed by atoms with Crippen LogP contribution in [-0.2, 0) is 11.3 Å². The van der Waals surface area contributed by atoms with E-state index in [-0.39, 0.29) is 5.41 Å². The summed E-state index contributed by atoms with van der Waals surface area (Å²) in [5, 5.41) is 0. The number of rotatable bonds is 6. The number of carbonyl (C=O) groups excluding carboxylic acids is 1. The van der Waals surface area contributed by atoms with Crippen LogP contribution < -0.4 is 0 Å². The maximum absolute atomic E-state index is 12.9. The molecule has 0 bridgehead atoms. The van der Waals surface area contributed by atoms with Crippen LogP contribution in [0.3, 0.4) is 0 Å². The lowest BCUT2D eigenvalue weighted by atomic mass is 9.64. The van der Waals surface area contributed by atoms with E-state index >= 15 is 0 Å². The molecule has 1 atom stereocenters. The molecule has 2 nitrogen and oxygen atoms in total. The highest BCUT2D eigenvalue weighted by Gasteiger charge is 2.43. The smallest absolute Gasteiger partial charge is 0.143 e. The third-order valence-corrected chi connectivity index (χ3v) is 5.66. The number of likely N-dealkylation sites (tertiary alicyclic amines) is 1. The van der Waals surface area contributed by atoms with Gasteiger partial charge in [-0.2, -0.15) is 0 Å². The van der Waals surface area contributed by atoms with Crippen molar-refractivity contribution in [3.63, 3.8) is 0 Å². The summed E-state index contributed by atoms with van der Waals surface area (Å²) in [7, 11) is 0. The summed E-state index contributed by atoms with van der Waals surface area (Å²) in [4.78, 5) is 15.4. The van der Waals surface area contributed by atoms with Gasteiger partial charge in [0, 0.05) is 13.0 Å². The van der Waals surface area contributed by atoms with Crippen molar-refractivity contribution < 1.29 is 4.79 Å². The molecule has 2 aliphatic rings. The molecule has 1 fully saturated rings. The summed E-state index contributed by atoms with van der Waals surface area (Å²) in [5.74, 6) is 0.942. The van der Waals surface area contributed by atoms with Crippen molar-refractivity contribution in [1.82, 2.24) is 4.90 Å². The number of hydrogen-bond donors (Lipinski definition) is 0. The number of piperidine rings is 1. The van der Waals surface area contributed by atoms with Gasteiger partial charge >= 0.3 is 0 Å². The molecule has 0 N–H and O–H groups in total. The Labute approximate surface area is 146 Å². The molecule has 1 aromatic rings. The van der Waals surface area contributed by atoms with E-state index in [4.69, 9.17) is 0 Å². The molecule has 2 heteroatoms. The molecule has 24 heavy (non-hydrogen) atoms. The quantitative estimate of drug-likeness (QED) is 0.751. The summed E-state index contributed by atoms with van der Waals surface area (Å²) >= 11 is 0. The number of allylic oxidation sites excluding steroid dienone is 4. The molecule has 0 spiro atoms. The van der Waals surface area contributed by atoms with Crippen LogP contribution in [0, 0.1) is 11.3 Å². The molecular weight excluding hydrogens is 294 g/mol. The first kappa shape index (κ1) is 17.2. The molecule has 1 saturated heterocycles. The van der Waals surface area contributed by atoms with Crippen molar-refractivity contribution >= 4 is 5.78 Å². The van der Waals surface area contributed by atoms with Crippen LogP contribution in [0.4, 0.5) is 0 Å². The minimum absolute atomic E-state index is 0.233. The Balaban J connectivity index is 1.64. The molecule has 0 aromatic heterocycles. The van der Waals surface area contributed by atoms with Gasteiger partial charge in [-0.3, -0.25) is 9.69 Å². The number of benzene rings is 1. The van der Waals surface area contributed by atoms with Gasteiger partial charge in [0.25, 0.3) is 0 Å². The molecule has 1 aliphatic carbocycles. The van der Waals surface area contributed by atoms with Crippen LogP contribution in [0.1, 0.15) is 44.6 Å². The summed E-state index contributed by atoms with van der Waals surface area (Å²) in [5.41, 5.74) is 1.15. The predicted molar refractivity (Wildman–Crippen MR) is 99.7 cm³/mol. The minimum Gasteiger partial charge on any atom is -0.299 e. The Bertz CT molecular complexity index is 596. The molecule has 128 valence electrons. The van der Waals surface area contributed by atoms with Gasteiger partial charge in [0.05, 0.1) is 5.41 Å². The lowest BCUT2D eigenvalue weighted by molar-refractivity contribution is -0.130. The first-order valence-corrected chi connectivity index (χ1v) is 9.38. The Morgan fingerprint density at radius 1 is 1.17 bits per heavy atom. The highest BCUT2D eigenvalue weighted by molar-refractivity contribution is 5.87. The fourth-order valence-electron chi connectivity index (χ4n) is 4.28. The average Bonchev–Trinajstić information content (AvgIpc) is 2.64. The first-order valence-electron chi connectivity index (χ1n) is 9.38. The number of hydrogen-bond acceptors (Lipinski definition) is 2. The fourth-order valence-corrected chi connectivity index (χ4v) is 4.28. The SMILES string of the molecule is CCCC(=O)C1(C2CCN(Cc3ccccc3)CC2)C=CC=CC1. The van der Waals surface area contributed by atoms with Crippen LogP contribution in [0.2, 0.25) is 0 Å². The number of ketones is 1. The van der Waals surface area contributed by atoms with Gasteiger partial charge in [-0.05, 0) is 50.3 Å². The van der Waals surface area contributed by atoms with Crippen LogP contribution in [0.15, 0.2) is 54.6 Å². The molecule has 1 aliphatic heterocycles. The molecule has 3 rings (SSSR count). The third-order valence-electron chi connectivity index (χ3n) is 5.66. The van der Waals surface area contributed by atoms with Crippen molar-refractivity contribution in [2.45, 2.75) is 45.6 Å². The largest absolute Gasteiger partial charge is 0.299 e. The van der Waals surface area contributed by atoms with E-state index in [1.54, 1.807) is 0 Å². The summed E-state index contributed by atoms with van der Waals surface area (Å²) in [6, 6.07) is 10.7. The molecule has 0 saturated carbocycles. The van der Waals surface area contributed by atoms with Crippen molar-refractivity contribution in [2.24, 2.45) is 11.3 Å². The standard InChI is InChI=1S/C22H29NO/c1-2-9-21(24)22(14-7-4-8-15-22)20-12-16-23(17-13-20)18-19-10-5-3-6-11-19/h3-8,10-11,14,20H,2,9,12-13,15-18H2,1H3. The van der Waals surface area contributed by atoms with Gasteiger partial charge in [0.15, 0.2) is 0 Å². The second-order valence-corrected chi connectivity index (χ2v) is 7.24. The molecule has 0 radical (unpaired) electrons. The van der Waals surface area contributed by atoms with Crippen LogP contribution in [0.25, 0.3) is 0 Å². The maximum Gasteiger partial charge on any atom is 0.143 e. The number of nitrogens with zero attached hydrogens (tertiary/aromatic N) is 1. The monoisotopic (exact) mass is 323 g/mol. The van der Waals surface area contributed by atoms with E-state index in [2.05, 4.69) is 66.5 Å². The zero-order valence-electron chi connectivity index (χ0n) is 14.8. The second-order valence-electron chi connectivity index (χ2n) is 7.24. The first-order chi connectivity index (χ1) is 11.7. The normalized spacial score (nSPS) is 25.0. The Morgan fingerprint density at radius 3 is 2.54 bits per heavy atom. The predicted octanol–water partition coefficient (Wildman–Crippen LogP) is 4.77. The summed E-state index contributed by atoms with van der Waals surface area (Å²) < 4.78 is 0. The number of Topliss-reactive ketones (excluding diaryl/α,β-unsaturated/α-hetero) is 1. The summed E-state index contributed by atoms with van der Waals surface area (Å²) in [6.07, 6.45) is 13.4. The van der Waals surface area contributed by atoms with E-state index in [1.807, 2.05) is 0 Å². The van der Waals surface area contributed by atoms with Crippen LogP contribution >= 0.6 is 0 Å². The zero-order chi connectivity index (χ0) is 16.8. The van der Waals surface area contributed by atoms with Gasteiger partial charge in [-0.15, -0.1) is 0 Å². The molecular formula is C22H29NO. The van der Waals surface area contributed by atoms with E-state index in [1.165, 1.54) is 5.56 Å². The van der Waals surface area contributed by atoms with Crippen molar-refractivity contribution in [3.05, 3.63) is 60.2 Å². The zero-order valence-corrected chi connectivity index (χ0v) is 14.8. The molecule has 1 aromatic carbocycles. The van der Waals surface area contributed by atoms with E-state index in [0.717, 1.165) is 45.3 Å². The van der Waals surface area contributed by atoms with Crippen LogP contribution in [-0.4, -0.2) is 23.8 Å². The second kappa shape index (κ2) is 7.94. The van der Waals surface area contributed by atoms with Gasteiger partial charge in [-0.25, -0.2) is 0 Å². The van der Waals surface area contributed by atoms with Crippen molar-refractivity contribution in [3.8, 4) is 0 Å². The van der Waals surface area contributed by atoms with Crippen LogP contribution in [0.5, 0.6) is 0 Å². The Kier molecular flexibility index (Phi) is 5.68. The van der Waals surface area contributed by atoms with Gasteiger partial charge in [0.2, 0.25) is 0 Å². The van der Waals surface area contributed by atoms with Crippen molar-refractivity contribution in [1.29, 1.82) is 0 Å². The minimum atomic E-state index is -0.233. The third kappa shape index (κ3) is 3.70. The Morgan fingerprint density at radius 2 is 1.92 bits per heavy atom. The van der Waals surface area contributed by atoms with E-state index in [0.29, 0.717) is 18.1 Å². The molecule has 0 amide bonds. The number of carbonyl (C=O) groups is 1. The van der Waals surface area contributed by atoms with Crippen molar-refractivity contribution in [2.75, 3.05) is 13.1 Å². The molecule has 1 heterocycles. The maximum atomic E-state index is 12.9. The van der Waals surface area contributed by atoms with E-state index in [9.17, 15) is 4.79 Å². The van der Waals surface area contributed by atoms with Gasteiger partial charge in [0.1, 0.15) is 5.78 Å². The Hall–Kier alpha value is -1.67. The van der Waals surface area contributed by atoms with E-state index < -0.39 is 0 Å². The van der Waals surface area contributed by atoms with Gasteiger partial charge < -0.3 is 0 Å². The summed E-state index contributed by atoms with van der Waals surface area (Å²) in [6.45, 7) is 5.33. The lowest BCUT2D eigenvalue weighted by Crippen LogP contribution is -2.44. The highest BCUT2D eigenvalue weighted by atomic mass is 16.1. The average molecular weight is 323 g/mol. The molecule has 1 unspecified atom stereocenters. The van der Waals surface area contributed by atoms with Gasteiger partial charge in [-0.1, -0.05) is 61.6 Å². The lowest BCUT2D eigenvalue weighted by Gasteiger charge is -2.43. The highest BCUT2D eigenvalue weighted by Crippen LogP contribution is 2.43. The topological polar surface area (TPSA) is 20.3 Å².